The Bertz CT molecular complexity index is 601. The number of hydrogen-bond acceptors (Lipinski definition) is 5. The maximum Gasteiger partial charge on any atom is 0.264 e. The molecule has 130 valence electrons. The van der Waals surface area contributed by atoms with Crippen LogP contribution in [0, 0.1) is 0 Å². The number of likely N-dealkylation sites (N-methyl/N-ethyl adjacent to an activating group) is 1. The summed E-state index contributed by atoms with van der Waals surface area (Å²) in [5.74, 6) is -0.549. The van der Waals surface area contributed by atoms with Crippen LogP contribution in [0.5, 0.6) is 0 Å². The standard InChI is InChI=1S/C17H24N4O3/c1-12(16(22)18-9-10-21(2)3)19-17(23)15-11-14(20-24-15)13-7-5-4-6-8-13/h4-8,12,15H,9-11H2,1-3H3,(H,18,22)(H,19,23). The summed E-state index contributed by atoms with van der Waals surface area (Å²) in [4.78, 5) is 31.4. The van der Waals surface area contributed by atoms with Crippen LogP contribution in [0.2, 0.25) is 0 Å². The van der Waals surface area contributed by atoms with Crippen molar-refractivity contribution in [2.45, 2.75) is 25.5 Å². The highest BCUT2D eigenvalue weighted by atomic mass is 16.6. The van der Waals surface area contributed by atoms with Gasteiger partial charge in [0.25, 0.3) is 5.91 Å². The van der Waals surface area contributed by atoms with E-state index in [4.69, 9.17) is 4.84 Å². The van der Waals surface area contributed by atoms with Gasteiger partial charge in [0, 0.05) is 19.5 Å². The normalized spacial score (nSPS) is 17.8. The highest BCUT2D eigenvalue weighted by Crippen LogP contribution is 2.16. The lowest BCUT2D eigenvalue weighted by Crippen LogP contribution is -2.49. The summed E-state index contributed by atoms with van der Waals surface area (Å²) in [6, 6.07) is 8.95. The molecule has 2 atom stereocenters. The average molecular weight is 332 g/mol. The Balaban J connectivity index is 1.78. The molecule has 1 aliphatic rings. The molecule has 0 radical (unpaired) electrons. The summed E-state index contributed by atoms with van der Waals surface area (Å²) in [6.45, 7) is 2.93. The first-order chi connectivity index (χ1) is 11.5. The lowest BCUT2D eigenvalue weighted by Gasteiger charge is -2.17. The molecule has 1 aromatic rings. The third kappa shape index (κ3) is 5.06. The number of carbonyl (C=O) groups is 2. The summed E-state index contributed by atoms with van der Waals surface area (Å²) < 4.78 is 0. The molecule has 0 fully saturated rings. The monoisotopic (exact) mass is 332 g/mol. The molecule has 2 rings (SSSR count). The topological polar surface area (TPSA) is 83.0 Å². The van der Waals surface area contributed by atoms with Gasteiger partial charge in [-0.05, 0) is 26.6 Å². The SMILES string of the molecule is CC(NC(=O)C1CC(c2ccccc2)=NO1)C(=O)NCCN(C)C. The van der Waals surface area contributed by atoms with Gasteiger partial charge in [0.05, 0.1) is 5.71 Å². The van der Waals surface area contributed by atoms with Crippen LogP contribution >= 0.6 is 0 Å². The van der Waals surface area contributed by atoms with E-state index in [9.17, 15) is 9.59 Å². The number of amides is 2. The lowest BCUT2D eigenvalue weighted by molar-refractivity contribution is -0.135. The zero-order valence-electron chi connectivity index (χ0n) is 14.3. The summed E-state index contributed by atoms with van der Waals surface area (Å²) >= 11 is 0. The van der Waals surface area contributed by atoms with E-state index in [1.165, 1.54) is 0 Å². The van der Waals surface area contributed by atoms with Gasteiger partial charge in [-0.15, -0.1) is 0 Å². The second kappa shape index (κ2) is 8.44. The average Bonchev–Trinajstić information content (AvgIpc) is 3.05. The predicted molar refractivity (Wildman–Crippen MR) is 91.6 cm³/mol. The highest BCUT2D eigenvalue weighted by molar-refractivity contribution is 6.04. The number of carbonyl (C=O) groups excluding carboxylic acids is 2. The van der Waals surface area contributed by atoms with Crippen molar-refractivity contribution in [3.8, 4) is 0 Å². The molecule has 0 saturated carbocycles. The Morgan fingerprint density at radius 3 is 2.71 bits per heavy atom. The fourth-order valence-corrected chi connectivity index (χ4v) is 2.25. The quantitative estimate of drug-likeness (QED) is 0.755. The molecule has 24 heavy (non-hydrogen) atoms. The van der Waals surface area contributed by atoms with Crippen LogP contribution in [0.1, 0.15) is 18.9 Å². The molecule has 2 unspecified atom stereocenters. The van der Waals surface area contributed by atoms with Crippen LogP contribution in [-0.2, 0) is 14.4 Å². The smallest absolute Gasteiger partial charge is 0.264 e. The lowest BCUT2D eigenvalue weighted by atomic mass is 10.0. The van der Waals surface area contributed by atoms with Crippen molar-refractivity contribution in [2.24, 2.45) is 5.16 Å². The fraction of sp³-hybridized carbons (Fsp3) is 0.471. The Labute approximate surface area is 142 Å². The minimum absolute atomic E-state index is 0.215. The van der Waals surface area contributed by atoms with Crippen molar-refractivity contribution in [1.29, 1.82) is 0 Å². The minimum atomic E-state index is -0.697. The van der Waals surface area contributed by atoms with E-state index in [1.54, 1.807) is 6.92 Å². The highest BCUT2D eigenvalue weighted by Gasteiger charge is 2.30. The first-order valence-corrected chi connectivity index (χ1v) is 7.98. The van der Waals surface area contributed by atoms with Crippen LogP contribution in [0.3, 0.4) is 0 Å². The van der Waals surface area contributed by atoms with Gasteiger partial charge in [0.1, 0.15) is 6.04 Å². The largest absolute Gasteiger partial charge is 0.382 e. The Hall–Kier alpha value is -2.41. The molecule has 0 saturated heterocycles. The van der Waals surface area contributed by atoms with Crippen molar-refractivity contribution in [2.75, 3.05) is 27.2 Å². The first-order valence-electron chi connectivity index (χ1n) is 7.98. The zero-order valence-corrected chi connectivity index (χ0v) is 14.3. The van der Waals surface area contributed by atoms with E-state index in [1.807, 2.05) is 49.3 Å². The molecule has 1 aromatic carbocycles. The number of nitrogens with one attached hydrogen (secondary N) is 2. The van der Waals surface area contributed by atoms with Gasteiger partial charge in [-0.25, -0.2) is 0 Å². The maximum atomic E-state index is 12.2. The third-order valence-corrected chi connectivity index (χ3v) is 3.68. The molecule has 0 spiro atoms. The van der Waals surface area contributed by atoms with Crippen molar-refractivity contribution in [1.82, 2.24) is 15.5 Å². The van der Waals surface area contributed by atoms with Crippen LogP contribution in [-0.4, -0.2) is 61.8 Å². The third-order valence-electron chi connectivity index (χ3n) is 3.68. The van der Waals surface area contributed by atoms with E-state index in [0.29, 0.717) is 13.0 Å². The van der Waals surface area contributed by atoms with Gasteiger partial charge in [-0.1, -0.05) is 35.5 Å². The summed E-state index contributed by atoms with van der Waals surface area (Å²) in [6.07, 6.45) is -0.303. The molecule has 0 aliphatic carbocycles. The first kappa shape index (κ1) is 17.9. The summed E-state index contributed by atoms with van der Waals surface area (Å²) in [5, 5.41) is 9.43. The Kier molecular flexibility index (Phi) is 6.31. The van der Waals surface area contributed by atoms with Gasteiger partial charge in [-0.3, -0.25) is 9.59 Å². The van der Waals surface area contributed by atoms with Gasteiger partial charge in [-0.2, -0.15) is 0 Å². The van der Waals surface area contributed by atoms with Gasteiger partial charge in [0.15, 0.2) is 0 Å². The van der Waals surface area contributed by atoms with E-state index in [0.717, 1.165) is 17.8 Å². The van der Waals surface area contributed by atoms with Crippen molar-refractivity contribution < 1.29 is 14.4 Å². The van der Waals surface area contributed by atoms with Crippen molar-refractivity contribution >= 4 is 17.5 Å². The van der Waals surface area contributed by atoms with Crippen molar-refractivity contribution in [3.63, 3.8) is 0 Å². The second-order valence-corrected chi connectivity index (χ2v) is 6.03. The second-order valence-electron chi connectivity index (χ2n) is 6.03. The number of oxime groups is 1. The van der Waals surface area contributed by atoms with Crippen LogP contribution in [0.25, 0.3) is 0 Å². The summed E-state index contributed by atoms with van der Waals surface area (Å²) in [5.41, 5.74) is 1.67. The van der Waals surface area contributed by atoms with E-state index in [2.05, 4.69) is 15.8 Å². The van der Waals surface area contributed by atoms with E-state index in [-0.39, 0.29) is 11.8 Å². The number of benzene rings is 1. The molecule has 7 nitrogen and oxygen atoms in total. The Morgan fingerprint density at radius 1 is 1.33 bits per heavy atom. The molecular formula is C17H24N4O3. The maximum absolute atomic E-state index is 12.2. The van der Waals surface area contributed by atoms with Crippen LogP contribution < -0.4 is 10.6 Å². The molecule has 1 heterocycles. The van der Waals surface area contributed by atoms with Crippen LogP contribution in [0.15, 0.2) is 35.5 Å². The molecular weight excluding hydrogens is 308 g/mol. The van der Waals surface area contributed by atoms with Gasteiger partial charge < -0.3 is 20.4 Å². The molecule has 0 aromatic heterocycles. The molecule has 1 aliphatic heterocycles. The van der Waals surface area contributed by atoms with E-state index >= 15 is 0 Å². The number of nitrogens with zero attached hydrogens (tertiary/aromatic N) is 2. The predicted octanol–water partition coefficient (Wildman–Crippen LogP) is 0.362. The molecule has 0 bridgehead atoms. The van der Waals surface area contributed by atoms with E-state index < -0.39 is 12.1 Å². The summed E-state index contributed by atoms with van der Waals surface area (Å²) in [7, 11) is 3.86. The molecule has 2 amide bonds. The minimum Gasteiger partial charge on any atom is -0.382 e. The zero-order chi connectivity index (χ0) is 17.5. The number of hydrogen-bond donors (Lipinski definition) is 2. The number of rotatable bonds is 7. The van der Waals surface area contributed by atoms with Crippen LogP contribution in [0.4, 0.5) is 0 Å². The molecule has 7 heteroatoms. The fourth-order valence-electron chi connectivity index (χ4n) is 2.25. The van der Waals surface area contributed by atoms with Gasteiger partial charge >= 0.3 is 0 Å². The van der Waals surface area contributed by atoms with Gasteiger partial charge in [0.2, 0.25) is 12.0 Å². The van der Waals surface area contributed by atoms with Crippen molar-refractivity contribution in [3.05, 3.63) is 35.9 Å². The molecule has 2 N–H and O–H groups in total. The Morgan fingerprint density at radius 2 is 2.04 bits per heavy atom.